The maximum absolute atomic E-state index is 14.8. The fraction of sp³-hybridized carbons (Fsp3) is 0.296. The van der Waals surface area contributed by atoms with Crippen LogP contribution in [0, 0.1) is 11.7 Å². The Hall–Kier alpha value is -4.61. The van der Waals surface area contributed by atoms with E-state index < -0.39 is 12.5 Å². The van der Waals surface area contributed by atoms with Crippen LogP contribution in [0.3, 0.4) is 0 Å². The van der Waals surface area contributed by atoms with Gasteiger partial charge in [-0.15, -0.1) is 5.10 Å². The van der Waals surface area contributed by atoms with Gasteiger partial charge in [0.15, 0.2) is 0 Å². The number of benzene rings is 1. The van der Waals surface area contributed by atoms with Gasteiger partial charge >= 0.3 is 0 Å². The third kappa shape index (κ3) is 5.22. The van der Waals surface area contributed by atoms with Gasteiger partial charge in [-0.1, -0.05) is 5.21 Å². The first-order valence-electron chi connectivity index (χ1n) is 12.6. The molecule has 0 radical (unpaired) electrons. The minimum atomic E-state index is -0.730. The van der Waals surface area contributed by atoms with Crippen LogP contribution in [-0.2, 0) is 20.3 Å². The second kappa shape index (κ2) is 10.6. The lowest BCUT2D eigenvalue weighted by Gasteiger charge is -2.18. The van der Waals surface area contributed by atoms with Crippen molar-refractivity contribution in [1.82, 2.24) is 39.5 Å². The smallest absolute Gasteiger partial charge is 0.135 e. The molecule has 4 heterocycles. The van der Waals surface area contributed by atoms with Gasteiger partial charge in [-0.05, 0) is 30.9 Å². The van der Waals surface area contributed by atoms with Crippen LogP contribution in [-0.4, -0.2) is 52.7 Å². The first-order chi connectivity index (χ1) is 19.1. The SMILES string of the molecule is Cn1cnc(-c2cc(-c3nn[nH]c3CF)ccn2)c1-c1c(OCCn2ccnc2)cc(F)cc1OCC1CC1. The van der Waals surface area contributed by atoms with Gasteiger partial charge in [0.1, 0.15) is 42.0 Å². The van der Waals surface area contributed by atoms with Gasteiger partial charge in [-0.25, -0.2) is 18.7 Å². The van der Waals surface area contributed by atoms with Crippen molar-refractivity contribution < 1.29 is 18.3 Å². The van der Waals surface area contributed by atoms with Gasteiger partial charge in [-0.3, -0.25) is 10.1 Å². The predicted octanol–water partition coefficient (Wildman–Crippen LogP) is 4.61. The number of aromatic amines is 1. The molecule has 1 saturated carbocycles. The number of alkyl halides is 1. The van der Waals surface area contributed by atoms with Gasteiger partial charge in [0.25, 0.3) is 0 Å². The molecule has 4 aromatic heterocycles. The normalized spacial score (nSPS) is 13.1. The largest absolute Gasteiger partial charge is 0.492 e. The van der Waals surface area contributed by atoms with E-state index in [0.29, 0.717) is 64.5 Å². The molecule has 12 heteroatoms. The Labute approximate surface area is 222 Å². The van der Waals surface area contributed by atoms with Crippen LogP contribution in [0.15, 0.2) is 55.5 Å². The van der Waals surface area contributed by atoms with Crippen molar-refractivity contribution in [3.63, 3.8) is 0 Å². The van der Waals surface area contributed by atoms with Crippen LogP contribution in [0.5, 0.6) is 11.5 Å². The highest BCUT2D eigenvalue weighted by Crippen LogP contribution is 2.44. The van der Waals surface area contributed by atoms with E-state index in [4.69, 9.17) is 9.47 Å². The Bertz CT molecular complexity index is 1580. The van der Waals surface area contributed by atoms with Crippen LogP contribution in [0.1, 0.15) is 18.5 Å². The highest BCUT2D eigenvalue weighted by atomic mass is 19.1. The molecule has 0 unspecified atom stereocenters. The fourth-order valence-corrected chi connectivity index (χ4v) is 4.38. The number of aromatic nitrogens is 8. The van der Waals surface area contributed by atoms with Gasteiger partial charge in [0, 0.05) is 43.3 Å². The van der Waals surface area contributed by atoms with E-state index in [1.165, 1.54) is 12.1 Å². The summed E-state index contributed by atoms with van der Waals surface area (Å²) in [6, 6.07) is 6.24. The number of halogens is 2. The summed E-state index contributed by atoms with van der Waals surface area (Å²) in [7, 11) is 1.85. The zero-order valence-electron chi connectivity index (χ0n) is 21.2. The van der Waals surface area contributed by atoms with Gasteiger partial charge in [0.05, 0.1) is 48.5 Å². The monoisotopic (exact) mass is 532 g/mol. The average molecular weight is 533 g/mol. The zero-order chi connectivity index (χ0) is 26.8. The molecule has 0 aliphatic heterocycles. The van der Waals surface area contributed by atoms with Crippen molar-refractivity contribution in [2.24, 2.45) is 13.0 Å². The third-order valence-electron chi connectivity index (χ3n) is 6.57. The number of nitrogens with one attached hydrogen (secondary N) is 1. The van der Waals surface area contributed by atoms with E-state index in [9.17, 15) is 8.78 Å². The van der Waals surface area contributed by atoms with Crippen molar-refractivity contribution in [3.8, 4) is 45.4 Å². The molecular weight excluding hydrogens is 506 g/mol. The van der Waals surface area contributed by atoms with Crippen molar-refractivity contribution in [3.05, 3.63) is 67.0 Å². The number of aryl methyl sites for hydroxylation is 1. The van der Waals surface area contributed by atoms with Crippen LogP contribution in [0.25, 0.3) is 33.9 Å². The standard InChI is InChI=1S/C27H26F2N8O2/c1-36-16-32-26(20-10-18(4-5-31-20)25-21(13-28)33-35-34-25)27(36)24-22(38-9-8-37-7-6-30-15-37)11-19(29)12-23(24)39-14-17-2-3-17/h4-7,10-12,15-17H,2-3,8-9,13-14H2,1H3,(H,33,34,35). The summed E-state index contributed by atoms with van der Waals surface area (Å²) in [5, 5.41) is 10.3. The van der Waals surface area contributed by atoms with E-state index >= 15 is 0 Å². The minimum Gasteiger partial charge on any atom is -0.492 e. The molecule has 1 aliphatic rings. The molecule has 0 spiro atoms. The quantitative estimate of drug-likeness (QED) is 0.265. The van der Waals surface area contributed by atoms with Crippen LogP contribution < -0.4 is 9.47 Å². The lowest BCUT2D eigenvalue weighted by molar-refractivity contribution is 0.284. The summed E-state index contributed by atoms with van der Waals surface area (Å²) in [5.74, 6) is 0.703. The Morgan fingerprint density at radius 2 is 1.90 bits per heavy atom. The van der Waals surface area contributed by atoms with Crippen LogP contribution >= 0.6 is 0 Å². The molecule has 1 aliphatic carbocycles. The topological polar surface area (TPSA) is 109 Å². The summed E-state index contributed by atoms with van der Waals surface area (Å²) in [6.45, 7) is 0.578. The molecule has 1 fully saturated rings. The Kier molecular flexibility index (Phi) is 6.74. The molecule has 0 bridgehead atoms. The van der Waals surface area contributed by atoms with E-state index in [1.807, 2.05) is 22.4 Å². The molecule has 1 N–H and O–H groups in total. The van der Waals surface area contributed by atoms with Gasteiger partial charge < -0.3 is 18.6 Å². The third-order valence-corrected chi connectivity index (χ3v) is 6.57. The number of hydrogen-bond donors (Lipinski definition) is 1. The van der Waals surface area contributed by atoms with Crippen molar-refractivity contribution in [2.45, 2.75) is 26.1 Å². The molecule has 5 aromatic rings. The van der Waals surface area contributed by atoms with Gasteiger partial charge in [-0.2, -0.15) is 0 Å². The Morgan fingerprint density at radius 3 is 2.67 bits per heavy atom. The first-order valence-corrected chi connectivity index (χ1v) is 12.6. The lowest BCUT2D eigenvalue weighted by atomic mass is 10.0. The maximum atomic E-state index is 14.8. The van der Waals surface area contributed by atoms with Gasteiger partial charge in [0.2, 0.25) is 0 Å². The van der Waals surface area contributed by atoms with Crippen LogP contribution in [0.4, 0.5) is 8.78 Å². The number of nitrogens with zero attached hydrogens (tertiary/aromatic N) is 7. The molecule has 200 valence electrons. The molecule has 39 heavy (non-hydrogen) atoms. The first kappa shape index (κ1) is 24.7. The summed E-state index contributed by atoms with van der Waals surface area (Å²) in [6.07, 6.45) is 10.7. The van der Waals surface area contributed by atoms with E-state index in [2.05, 4.69) is 30.4 Å². The van der Waals surface area contributed by atoms with Crippen molar-refractivity contribution >= 4 is 0 Å². The van der Waals surface area contributed by atoms with E-state index in [-0.39, 0.29) is 12.3 Å². The number of pyridine rings is 1. The number of H-pyrrole nitrogens is 1. The zero-order valence-corrected chi connectivity index (χ0v) is 21.2. The molecule has 10 nitrogen and oxygen atoms in total. The molecule has 6 rings (SSSR count). The number of rotatable bonds is 11. The fourth-order valence-electron chi connectivity index (χ4n) is 4.38. The molecule has 0 atom stereocenters. The summed E-state index contributed by atoms with van der Waals surface area (Å²) >= 11 is 0. The van der Waals surface area contributed by atoms with Crippen molar-refractivity contribution in [2.75, 3.05) is 13.2 Å². The maximum Gasteiger partial charge on any atom is 0.135 e. The van der Waals surface area contributed by atoms with E-state index in [0.717, 1.165) is 12.8 Å². The highest BCUT2D eigenvalue weighted by molar-refractivity contribution is 5.85. The second-order valence-corrected chi connectivity index (χ2v) is 9.44. The second-order valence-electron chi connectivity index (χ2n) is 9.44. The summed E-state index contributed by atoms with van der Waals surface area (Å²) < 4.78 is 44.3. The number of ether oxygens (including phenoxy) is 2. The number of imidazole rings is 2. The summed E-state index contributed by atoms with van der Waals surface area (Å²) in [5.41, 5.74) is 3.60. The lowest BCUT2D eigenvalue weighted by Crippen LogP contribution is -2.09. The Morgan fingerprint density at radius 1 is 1.05 bits per heavy atom. The van der Waals surface area contributed by atoms with E-state index in [1.54, 1.807) is 37.2 Å². The summed E-state index contributed by atoms with van der Waals surface area (Å²) in [4.78, 5) is 13.2. The highest BCUT2D eigenvalue weighted by Gasteiger charge is 2.27. The number of hydrogen-bond acceptors (Lipinski definition) is 7. The Balaban J connectivity index is 1.42. The predicted molar refractivity (Wildman–Crippen MR) is 138 cm³/mol. The van der Waals surface area contributed by atoms with Crippen molar-refractivity contribution in [1.29, 1.82) is 0 Å². The molecule has 0 saturated heterocycles. The molecular formula is C27H26F2N8O2. The molecule has 0 amide bonds. The van der Waals surface area contributed by atoms with Crippen LogP contribution in [0.2, 0.25) is 0 Å². The minimum absolute atomic E-state index is 0.274. The molecule has 1 aromatic carbocycles. The average Bonchev–Trinajstić information content (AvgIpc) is 3.29.